The Kier molecular flexibility index (Phi) is 12.6. The predicted molar refractivity (Wildman–Crippen MR) is 179 cm³/mol. The Hall–Kier alpha value is -1.44. The second-order valence-corrected chi connectivity index (χ2v) is 16.0. The molecule has 9 unspecified atom stereocenters. The van der Waals surface area contributed by atoms with E-state index in [2.05, 4.69) is 11.9 Å². The van der Waals surface area contributed by atoms with Crippen LogP contribution in [0.1, 0.15) is 122 Å². The van der Waals surface area contributed by atoms with Crippen LogP contribution in [0.15, 0.2) is 12.7 Å². The lowest BCUT2D eigenvalue weighted by Gasteiger charge is -2.50. The van der Waals surface area contributed by atoms with Crippen LogP contribution in [0.3, 0.4) is 0 Å². The topological polar surface area (TPSA) is 83.1 Å². The average molecular weight is 642 g/mol. The van der Waals surface area contributed by atoms with Crippen molar-refractivity contribution in [3.05, 3.63) is 12.7 Å². The van der Waals surface area contributed by atoms with Crippen LogP contribution >= 0.6 is 0 Å². The molecule has 7 rings (SSSR count). The molecule has 46 heavy (non-hydrogen) atoms. The van der Waals surface area contributed by atoms with Gasteiger partial charge in [0, 0.05) is 6.04 Å². The zero-order valence-corrected chi connectivity index (χ0v) is 28.7. The van der Waals surface area contributed by atoms with Crippen LogP contribution in [0.2, 0.25) is 0 Å². The van der Waals surface area contributed by atoms with Gasteiger partial charge in [-0.3, -0.25) is 9.59 Å². The van der Waals surface area contributed by atoms with E-state index >= 15 is 0 Å². The molecule has 9 atom stereocenters. The van der Waals surface area contributed by atoms with E-state index in [0.29, 0.717) is 61.4 Å². The highest BCUT2D eigenvalue weighted by atomic mass is 16.6. The smallest absolute Gasteiger partial charge is 0.309 e. The van der Waals surface area contributed by atoms with Gasteiger partial charge in [-0.2, -0.15) is 0 Å². The van der Waals surface area contributed by atoms with E-state index in [1.54, 1.807) is 6.08 Å². The summed E-state index contributed by atoms with van der Waals surface area (Å²) in [5, 5.41) is 3.81. The fourth-order valence-electron chi connectivity index (χ4n) is 11.3. The molecule has 5 saturated carbocycles. The number of rotatable bonds is 5. The molecule has 7 heteroatoms. The molecule has 0 bridgehead atoms. The summed E-state index contributed by atoms with van der Waals surface area (Å²) in [6.07, 6.45) is 23.4. The number of ether oxygens (including phenoxy) is 4. The fraction of sp³-hybridized carbons (Fsp3) is 0.897. The highest BCUT2D eigenvalue weighted by Crippen LogP contribution is 2.51. The zero-order valence-electron chi connectivity index (χ0n) is 28.7. The summed E-state index contributed by atoms with van der Waals surface area (Å²) in [4.78, 5) is 24.2. The Bertz CT molecular complexity index is 974. The lowest BCUT2D eigenvalue weighted by atomic mass is 9.60. The van der Waals surface area contributed by atoms with Crippen molar-refractivity contribution in [3.8, 4) is 0 Å². The van der Waals surface area contributed by atoms with Crippen LogP contribution in [0, 0.1) is 47.3 Å². The summed E-state index contributed by atoms with van der Waals surface area (Å²) in [6.45, 7) is 7.96. The zero-order chi connectivity index (χ0) is 31.9. The molecule has 2 heterocycles. The van der Waals surface area contributed by atoms with Crippen LogP contribution in [0.4, 0.5) is 0 Å². The molecule has 0 spiro atoms. The molecule has 0 aromatic rings. The third-order valence-electron chi connectivity index (χ3n) is 13.6. The predicted octanol–water partition coefficient (Wildman–Crippen LogP) is 7.41. The number of hydrogen-bond donors (Lipinski definition) is 1. The lowest BCUT2D eigenvalue weighted by Crippen LogP contribution is -2.50. The quantitative estimate of drug-likeness (QED) is 0.190. The first kappa shape index (κ1) is 34.4. The van der Waals surface area contributed by atoms with E-state index in [4.69, 9.17) is 18.9 Å². The van der Waals surface area contributed by atoms with Crippen LogP contribution in [0.25, 0.3) is 0 Å². The van der Waals surface area contributed by atoms with E-state index < -0.39 is 0 Å². The number of nitrogens with one attached hydrogen (secondary N) is 1. The highest BCUT2D eigenvalue weighted by Gasteiger charge is 2.48. The molecule has 7 nitrogen and oxygen atoms in total. The summed E-state index contributed by atoms with van der Waals surface area (Å²) in [5.41, 5.74) is 0. The Morgan fingerprint density at radius 2 is 1.30 bits per heavy atom. The van der Waals surface area contributed by atoms with Gasteiger partial charge in [-0.1, -0.05) is 25.3 Å². The van der Waals surface area contributed by atoms with Gasteiger partial charge in [0.1, 0.15) is 12.2 Å². The lowest BCUT2D eigenvalue weighted by molar-refractivity contribution is -0.178. The molecule has 1 N–H and O–H groups in total. The molecule has 7 aliphatic rings. The number of fused-ring (bicyclic) bond motifs is 6. The molecular formula is C39H63NO6. The van der Waals surface area contributed by atoms with Gasteiger partial charge < -0.3 is 24.3 Å². The van der Waals surface area contributed by atoms with Crippen molar-refractivity contribution in [1.29, 1.82) is 0 Å². The molecule has 0 radical (unpaired) electrons. The average Bonchev–Trinajstić information content (AvgIpc) is 3.57. The van der Waals surface area contributed by atoms with Crippen molar-refractivity contribution in [1.82, 2.24) is 5.32 Å². The minimum atomic E-state index is -0.304. The number of carbonyl (C=O) groups excluding carboxylic acids is 2. The van der Waals surface area contributed by atoms with E-state index in [9.17, 15) is 9.59 Å². The van der Waals surface area contributed by atoms with Crippen molar-refractivity contribution >= 4 is 12.4 Å². The monoisotopic (exact) mass is 641 g/mol. The number of esters is 1. The summed E-state index contributed by atoms with van der Waals surface area (Å²) in [7, 11) is 0. The van der Waals surface area contributed by atoms with Crippen LogP contribution in [-0.4, -0.2) is 62.7 Å². The van der Waals surface area contributed by atoms with Gasteiger partial charge >= 0.3 is 5.97 Å². The molecule has 260 valence electrons. The van der Waals surface area contributed by atoms with Crippen molar-refractivity contribution in [2.75, 3.05) is 19.8 Å². The minimum Gasteiger partial charge on any atom is -0.465 e. The summed E-state index contributed by atoms with van der Waals surface area (Å²) < 4.78 is 25.0. The standard InChI is InChI=1S/C36H57NO6.C3H6/c38-22-42-27-12-9-24(10-13-27)23-5-7-26(8-6-23)36(39)43-28-20-40-34-15-11-25-3-1-2-4-29(25)31(34)19-32-30-17-18-37-33(30)14-16-35(32)41-21-28;1-3-2/h22-35,37H,1-21H2;3H,1H2,2H3. The second kappa shape index (κ2) is 16.8. The Morgan fingerprint density at radius 1 is 0.696 bits per heavy atom. The number of allylic oxidation sites excluding steroid dienone is 1. The van der Waals surface area contributed by atoms with Crippen molar-refractivity contribution in [3.63, 3.8) is 0 Å². The maximum atomic E-state index is 13.5. The summed E-state index contributed by atoms with van der Waals surface area (Å²) >= 11 is 0. The normalized spacial score (nSPS) is 44.3. The first-order valence-electron chi connectivity index (χ1n) is 19.4. The third kappa shape index (κ3) is 8.22. The molecule has 2 saturated heterocycles. The van der Waals surface area contributed by atoms with E-state index in [0.717, 1.165) is 76.2 Å². The van der Waals surface area contributed by atoms with Gasteiger partial charge in [-0.25, -0.2) is 0 Å². The first-order valence-corrected chi connectivity index (χ1v) is 19.4. The first-order chi connectivity index (χ1) is 22.6. The molecule has 2 aliphatic heterocycles. The number of carbonyl (C=O) groups is 2. The highest BCUT2D eigenvalue weighted by molar-refractivity contribution is 5.72. The van der Waals surface area contributed by atoms with E-state index in [1.807, 2.05) is 6.92 Å². The molecular weight excluding hydrogens is 578 g/mol. The summed E-state index contributed by atoms with van der Waals surface area (Å²) in [5.74, 6) is 4.97. The van der Waals surface area contributed by atoms with Crippen LogP contribution in [-0.2, 0) is 28.5 Å². The SMILES string of the molecule is C=CC.O=COC1CCC(C2CCC(C(=O)OC3COC4CCC5CCCCC5C4CC4C(CCC5NCCC54)OC3)CC2)CC1. The Balaban J connectivity index is 0.00000119. The maximum Gasteiger partial charge on any atom is 0.309 e. The van der Waals surface area contributed by atoms with Gasteiger partial charge in [0.05, 0.1) is 31.3 Å². The van der Waals surface area contributed by atoms with Crippen LogP contribution < -0.4 is 5.32 Å². The van der Waals surface area contributed by atoms with Gasteiger partial charge in [0.25, 0.3) is 6.47 Å². The molecule has 7 fully saturated rings. The maximum absolute atomic E-state index is 13.5. The molecule has 0 aromatic carbocycles. The largest absolute Gasteiger partial charge is 0.465 e. The van der Waals surface area contributed by atoms with Crippen molar-refractivity contribution in [2.24, 2.45) is 47.3 Å². The Morgan fingerprint density at radius 3 is 2.00 bits per heavy atom. The van der Waals surface area contributed by atoms with Crippen LogP contribution in [0.5, 0.6) is 0 Å². The van der Waals surface area contributed by atoms with E-state index in [-0.39, 0.29) is 30.2 Å². The van der Waals surface area contributed by atoms with E-state index in [1.165, 1.54) is 57.8 Å². The molecule has 0 aromatic heterocycles. The molecule has 0 amide bonds. The Labute approximate surface area is 278 Å². The minimum absolute atomic E-state index is 0.000400. The van der Waals surface area contributed by atoms with Gasteiger partial charge in [0.15, 0.2) is 0 Å². The summed E-state index contributed by atoms with van der Waals surface area (Å²) in [6, 6.07) is 0.654. The third-order valence-corrected chi connectivity index (χ3v) is 13.6. The number of hydrogen-bond acceptors (Lipinski definition) is 7. The van der Waals surface area contributed by atoms with Gasteiger partial charge in [-0.05, 0) is 151 Å². The fourth-order valence-corrected chi connectivity index (χ4v) is 11.3. The van der Waals surface area contributed by atoms with Crippen molar-refractivity contribution in [2.45, 2.75) is 153 Å². The van der Waals surface area contributed by atoms with Gasteiger partial charge in [0.2, 0.25) is 0 Å². The van der Waals surface area contributed by atoms with Crippen molar-refractivity contribution < 1.29 is 28.5 Å². The van der Waals surface area contributed by atoms with Gasteiger partial charge in [-0.15, -0.1) is 6.58 Å². The molecule has 5 aliphatic carbocycles. The second-order valence-electron chi connectivity index (χ2n) is 16.0.